The van der Waals surface area contributed by atoms with Gasteiger partial charge in [-0.05, 0) is 55.9 Å². The topological polar surface area (TPSA) is 102 Å². The maximum Gasteiger partial charge on any atom is 0.412 e. The van der Waals surface area contributed by atoms with E-state index in [4.69, 9.17) is 9.26 Å². The van der Waals surface area contributed by atoms with Crippen molar-refractivity contribution in [3.8, 4) is 22.5 Å². The van der Waals surface area contributed by atoms with Crippen molar-refractivity contribution in [2.45, 2.75) is 45.1 Å². The van der Waals surface area contributed by atoms with Crippen molar-refractivity contribution in [3.63, 3.8) is 0 Å². The number of ether oxygens (including phenoxy) is 1. The molecule has 1 amide bonds. The highest BCUT2D eigenvalue weighted by atomic mass is 16.6. The molecule has 1 heterocycles. The molecule has 1 aliphatic rings. The van der Waals surface area contributed by atoms with Crippen LogP contribution in [0.15, 0.2) is 89.5 Å². The van der Waals surface area contributed by atoms with Gasteiger partial charge in [0.1, 0.15) is 17.5 Å². The van der Waals surface area contributed by atoms with E-state index in [1.165, 1.54) is 0 Å². The van der Waals surface area contributed by atoms with Crippen molar-refractivity contribution in [2.24, 2.45) is 0 Å². The van der Waals surface area contributed by atoms with E-state index < -0.39 is 23.6 Å². The lowest BCUT2D eigenvalue weighted by atomic mass is 9.93. The molecule has 1 fully saturated rings. The molecule has 2 aromatic carbocycles. The Bertz CT molecular complexity index is 1360. The Hall–Kier alpha value is -4.39. The first kappa shape index (κ1) is 25.7. The molecular weight excluding hydrogens is 468 g/mol. The fraction of sp³-hybridized carbons (Fsp3) is 0.233. The highest BCUT2D eigenvalue weighted by Gasteiger charge is 2.51. The number of aryl methyl sites for hydroxylation is 1. The van der Waals surface area contributed by atoms with Crippen LogP contribution >= 0.6 is 0 Å². The lowest BCUT2D eigenvalue weighted by molar-refractivity contribution is -0.140. The number of anilines is 1. The molecule has 0 saturated heterocycles. The van der Waals surface area contributed by atoms with Gasteiger partial charge < -0.3 is 14.4 Å². The zero-order valence-electron chi connectivity index (χ0n) is 21.2. The van der Waals surface area contributed by atoms with Gasteiger partial charge in [0.2, 0.25) is 0 Å². The molecule has 190 valence electrons. The number of carbonyl (C=O) groups is 2. The van der Waals surface area contributed by atoms with Crippen molar-refractivity contribution in [1.29, 1.82) is 0 Å². The van der Waals surface area contributed by atoms with Crippen LogP contribution in [0.4, 0.5) is 10.5 Å². The number of carboxylic acids is 1. The summed E-state index contributed by atoms with van der Waals surface area (Å²) in [4.78, 5) is 24.2. The lowest BCUT2D eigenvalue weighted by Crippen LogP contribution is -2.21. The van der Waals surface area contributed by atoms with E-state index in [0.29, 0.717) is 30.0 Å². The number of rotatable bonds is 9. The Balaban J connectivity index is 1.48. The quantitative estimate of drug-likeness (QED) is 0.306. The van der Waals surface area contributed by atoms with Gasteiger partial charge in [-0.3, -0.25) is 10.1 Å². The molecule has 7 heteroatoms. The second-order valence-electron chi connectivity index (χ2n) is 9.07. The summed E-state index contributed by atoms with van der Waals surface area (Å²) in [6, 6.07) is 15.3. The first-order chi connectivity index (χ1) is 17.8. The van der Waals surface area contributed by atoms with Crippen LogP contribution in [-0.2, 0) is 14.9 Å². The normalized spacial score (nSPS) is 15.3. The summed E-state index contributed by atoms with van der Waals surface area (Å²) < 4.78 is 11.1. The molecule has 4 rings (SSSR count). The molecule has 7 nitrogen and oxygen atoms in total. The molecule has 1 atom stereocenters. The number of aliphatic carboxylic acids is 1. The van der Waals surface area contributed by atoms with Gasteiger partial charge in [-0.25, -0.2) is 4.79 Å². The summed E-state index contributed by atoms with van der Waals surface area (Å²) in [7, 11) is 0. The number of benzene rings is 2. The lowest BCUT2D eigenvalue weighted by Gasteiger charge is -2.15. The van der Waals surface area contributed by atoms with E-state index in [1.807, 2.05) is 67.6 Å². The Kier molecular flexibility index (Phi) is 7.43. The van der Waals surface area contributed by atoms with Crippen LogP contribution in [0.3, 0.4) is 0 Å². The summed E-state index contributed by atoms with van der Waals surface area (Å²) in [6.07, 6.45) is 7.45. The van der Waals surface area contributed by atoms with E-state index in [2.05, 4.69) is 17.1 Å². The third-order valence-electron chi connectivity index (χ3n) is 6.68. The molecule has 1 saturated carbocycles. The molecule has 37 heavy (non-hydrogen) atoms. The zero-order valence-corrected chi connectivity index (χ0v) is 21.2. The molecule has 1 aromatic heterocycles. The Labute approximate surface area is 216 Å². The summed E-state index contributed by atoms with van der Waals surface area (Å²) in [6.45, 7) is 9.07. The van der Waals surface area contributed by atoms with Crippen LogP contribution in [-0.4, -0.2) is 28.4 Å². The molecule has 1 aliphatic carbocycles. The third kappa shape index (κ3) is 5.40. The summed E-state index contributed by atoms with van der Waals surface area (Å²) in [5.41, 5.74) is 4.64. The monoisotopic (exact) mass is 498 g/mol. The Morgan fingerprint density at radius 1 is 1.11 bits per heavy atom. The summed E-state index contributed by atoms with van der Waals surface area (Å²) in [5.74, 6) is -0.333. The maximum atomic E-state index is 12.6. The fourth-order valence-corrected chi connectivity index (χ4v) is 4.27. The SMILES string of the molecule is C=C/C=C\C(=C/C)[C@@H](C)OC(=O)Nc1c(C)noc1-c1ccc(-c2ccc(C3(C(=O)O)CC3)cc2)cc1. The van der Waals surface area contributed by atoms with Gasteiger partial charge in [0, 0.05) is 5.56 Å². The van der Waals surface area contributed by atoms with E-state index in [-0.39, 0.29) is 0 Å². The minimum atomic E-state index is -0.762. The van der Waals surface area contributed by atoms with E-state index in [1.54, 1.807) is 26.0 Å². The van der Waals surface area contributed by atoms with Crippen LogP contribution < -0.4 is 5.32 Å². The average Bonchev–Trinajstić information content (AvgIpc) is 3.64. The second kappa shape index (κ2) is 10.7. The van der Waals surface area contributed by atoms with Crippen molar-refractivity contribution in [1.82, 2.24) is 5.16 Å². The first-order valence-corrected chi connectivity index (χ1v) is 12.1. The number of aromatic nitrogens is 1. The zero-order chi connectivity index (χ0) is 26.6. The average molecular weight is 499 g/mol. The minimum Gasteiger partial charge on any atom is -0.481 e. The van der Waals surface area contributed by atoms with Gasteiger partial charge >= 0.3 is 12.1 Å². The molecule has 2 N–H and O–H groups in total. The summed E-state index contributed by atoms with van der Waals surface area (Å²) >= 11 is 0. The number of hydrogen-bond donors (Lipinski definition) is 2. The molecule has 0 bridgehead atoms. The maximum absolute atomic E-state index is 12.6. The predicted octanol–water partition coefficient (Wildman–Crippen LogP) is 7.06. The van der Waals surface area contributed by atoms with Gasteiger partial charge in [0.15, 0.2) is 5.76 Å². The second-order valence-corrected chi connectivity index (χ2v) is 9.07. The van der Waals surface area contributed by atoms with Crippen LogP contribution in [0.25, 0.3) is 22.5 Å². The molecule has 0 spiro atoms. The first-order valence-electron chi connectivity index (χ1n) is 12.1. The van der Waals surface area contributed by atoms with Crippen molar-refractivity contribution in [3.05, 3.63) is 96.2 Å². The Morgan fingerprint density at radius 3 is 2.24 bits per heavy atom. The number of carbonyl (C=O) groups excluding carboxylic acids is 1. The van der Waals surface area contributed by atoms with E-state index in [0.717, 1.165) is 27.8 Å². The van der Waals surface area contributed by atoms with Crippen LogP contribution in [0.2, 0.25) is 0 Å². The Morgan fingerprint density at radius 2 is 1.70 bits per heavy atom. The molecule has 0 aliphatic heterocycles. The highest BCUT2D eigenvalue weighted by molar-refractivity contribution is 5.91. The van der Waals surface area contributed by atoms with Crippen LogP contribution in [0.1, 0.15) is 37.9 Å². The van der Waals surface area contributed by atoms with Crippen molar-refractivity contribution in [2.75, 3.05) is 5.32 Å². The molecule has 0 radical (unpaired) electrons. The fourth-order valence-electron chi connectivity index (χ4n) is 4.27. The third-order valence-corrected chi connectivity index (χ3v) is 6.68. The standard InChI is InChI=1S/C30H30N2O5/c1-5-7-8-21(6-2)20(4)36-29(35)31-26-19(3)32-37-27(26)24-11-9-22(10-12-24)23-13-15-25(16-14-23)30(17-18-30)28(33)34/h5-16,20H,1,17-18H2,2-4H3,(H,31,35)(H,33,34)/b8-7-,21-6+/t20-/m1/s1. The number of hydrogen-bond acceptors (Lipinski definition) is 5. The highest BCUT2D eigenvalue weighted by Crippen LogP contribution is 2.48. The van der Waals surface area contributed by atoms with Crippen LogP contribution in [0, 0.1) is 6.92 Å². The van der Waals surface area contributed by atoms with Crippen LogP contribution in [0.5, 0.6) is 0 Å². The largest absolute Gasteiger partial charge is 0.481 e. The van der Waals surface area contributed by atoms with Gasteiger partial charge in [-0.15, -0.1) is 0 Å². The van der Waals surface area contributed by atoms with E-state index in [9.17, 15) is 14.7 Å². The number of nitrogens with one attached hydrogen (secondary N) is 1. The van der Waals surface area contributed by atoms with Crippen molar-refractivity contribution >= 4 is 17.7 Å². The number of amides is 1. The predicted molar refractivity (Wildman–Crippen MR) is 143 cm³/mol. The van der Waals surface area contributed by atoms with Crippen molar-refractivity contribution < 1.29 is 24.0 Å². The smallest absolute Gasteiger partial charge is 0.412 e. The molecule has 3 aromatic rings. The number of carboxylic acid groups (broad SMARTS) is 1. The van der Waals surface area contributed by atoms with Gasteiger partial charge in [-0.1, -0.05) is 84.6 Å². The molecular formula is C30H30N2O5. The number of allylic oxidation sites excluding steroid dienone is 3. The summed E-state index contributed by atoms with van der Waals surface area (Å²) in [5, 5.41) is 16.3. The van der Waals surface area contributed by atoms with E-state index >= 15 is 0 Å². The molecule has 0 unspecified atom stereocenters. The minimum absolute atomic E-state index is 0.430. The van der Waals surface area contributed by atoms with Gasteiger partial charge in [-0.2, -0.15) is 0 Å². The van der Waals surface area contributed by atoms with Gasteiger partial charge in [0.25, 0.3) is 0 Å². The van der Waals surface area contributed by atoms with Gasteiger partial charge in [0.05, 0.1) is 5.41 Å². The number of nitrogens with zero attached hydrogens (tertiary/aromatic N) is 1.